The van der Waals surface area contributed by atoms with Crippen molar-refractivity contribution in [1.29, 1.82) is 0 Å². The number of primary amides is 1. The molecule has 0 aliphatic rings. The lowest BCUT2D eigenvalue weighted by Crippen LogP contribution is -2.58. The summed E-state index contributed by atoms with van der Waals surface area (Å²) in [6.07, 6.45) is -7.21. The molecule has 0 aliphatic heterocycles. The summed E-state index contributed by atoms with van der Waals surface area (Å²) in [6, 6.07) is 19.5. The molecule has 3 aromatic rings. The summed E-state index contributed by atoms with van der Waals surface area (Å²) in [6.45, 7) is 1.21. The fraction of sp³-hybridized carbons (Fsp3) is 0.361. The molecule has 51 heavy (non-hydrogen) atoms. The van der Waals surface area contributed by atoms with Gasteiger partial charge >= 0.3 is 6.18 Å². The van der Waals surface area contributed by atoms with Crippen molar-refractivity contribution in [2.45, 2.75) is 69.1 Å². The molecule has 5 amide bonds. The van der Waals surface area contributed by atoms with E-state index in [4.69, 9.17) is 5.73 Å². The van der Waals surface area contributed by atoms with Gasteiger partial charge in [0.2, 0.25) is 23.6 Å². The second-order valence-electron chi connectivity index (χ2n) is 11.8. The van der Waals surface area contributed by atoms with Crippen molar-refractivity contribution >= 4 is 41.3 Å². The number of aliphatic hydroxyl groups is 1. The average Bonchev–Trinajstić information content (AvgIpc) is 3.11. The highest BCUT2D eigenvalue weighted by atomic mass is 32.2. The van der Waals surface area contributed by atoms with Crippen LogP contribution in [0.15, 0.2) is 84.9 Å². The van der Waals surface area contributed by atoms with Gasteiger partial charge in [0.1, 0.15) is 18.1 Å². The molecule has 0 aromatic heterocycles. The summed E-state index contributed by atoms with van der Waals surface area (Å²) < 4.78 is 39.8. The maximum atomic E-state index is 13.7. The first-order valence-corrected chi connectivity index (χ1v) is 17.5. The van der Waals surface area contributed by atoms with Crippen LogP contribution >= 0.6 is 11.8 Å². The summed E-state index contributed by atoms with van der Waals surface area (Å²) in [5, 5.41) is 19.6. The molecular formula is C36H42F3N5O6S. The third-order valence-corrected chi connectivity index (χ3v) is 8.54. The van der Waals surface area contributed by atoms with Gasteiger partial charge < -0.3 is 32.1 Å². The number of carbonyl (C=O) groups is 5. The van der Waals surface area contributed by atoms with E-state index in [1.54, 1.807) is 54.6 Å². The Morgan fingerprint density at radius 1 is 0.745 bits per heavy atom. The van der Waals surface area contributed by atoms with E-state index in [0.717, 1.165) is 11.1 Å². The standard InChI is InChI=1S/C36H42F3N5O6S/c1-22(32(47)42-27(17-18-30(40)45)31(46)36(37,38)39)41-35(50)29(21-23-9-5-3-6-10-23)44-34(49)28(19-20-51-2)43-33(48)26-15-13-25(14-16-26)24-11-7-4-8-12-24/h3-16,22,27-29,31,46H,17-21H2,1-2H3,(H2,40,45)(H,41,50)(H,42,47)(H,43,48)(H,44,49)/t22-,27?,28-,29?,31?/m0/s1. The minimum absolute atomic E-state index is 0.0229. The number of carbonyl (C=O) groups excluding carboxylic acids is 5. The highest BCUT2D eigenvalue weighted by Gasteiger charge is 2.44. The van der Waals surface area contributed by atoms with Crippen molar-refractivity contribution < 1.29 is 42.3 Å². The van der Waals surface area contributed by atoms with Crippen molar-refractivity contribution in [3.63, 3.8) is 0 Å². The molecule has 15 heteroatoms. The molecule has 0 bridgehead atoms. The lowest BCUT2D eigenvalue weighted by atomic mass is 10.0. The van der Waals surface area contributed by atoms with Crippen molar-refractivity contribution in [2.24, 2.45) is 5.73 Å². The molecule has 274 valence electrons. The second-order valence-corrected chi connectivity index (χ2v) is 12.8. The molecule has 5 atom stereocenters. The quantitative estimate of drug-likeness (QED) is 0.116. The van der Waals surface area contributed by atoms with Gasteiger partial charge in [-0.1, -0.05) is 72.8 Å². The zero-order valence-corrected chi connectivity index (χ0v) is 28.9. The maximum absolute atomic E-state index is 13.7. The number of aliphatic hydroxyl groups excluding tert-OH is 1. The first kappa shape index (κ1) is 40.5. The predicted octanol–water partition coefficient (Wildman–Crippen LogP) is 3.11. The normalized spacial score (nSPS) is 14.2. The summed E-state index contributed by atoms with van der Waals surface area (Å²) in [7, 11) is 0. The number of halogens is 3. The summed E-state index contributed by atoms with van der Waals surface area (Å²) in [5.41, 5.74) is 7.88. The van der Waals surface area contributed by atoms with Crippen LogP contribution < -0.4 is 27.0 Å². The molecule has 0 aliphatic carbocycles. The number of benzene rings is 3. The zero-order valence-electron chi connectivity index (χ0n) is 28.1. The number of hydrogen-bond acceptors (Lipinski definition) is 7. The van der Waals surface area contributed by atoms with Gasteiger partial charge in [-0.2, -0.15) is 24.9 Å². The van der Waals surface area contributed by atoms with Gasteiger partial charge in [-0.25, -0.2) is 0 Å². The van der Waals surface area contributed by atoms with Crippen molar-refractivity contribution in [3.05, 3.63) is 96.1 Å². The Bertz CT molecular complexity index is 1610. The molecule has 0 heterocycles. The molecule has 7 N–H and O–H groups in total. The summed E-state index contributed by atoms with van der Waals surface area (Å²) in [5.74, 6) is -3.50. The van der Waals surface area contributed by atoms with Gasteiger partial charge in [0.05, 0.1) is 6.04 Å². The number of hydrogen-bond donors (Lipinski definition) is 6. The van der Waals surface area contributed by atoms with E-state index >= 15 is 0 Å². The third-order valence-electron chi connectivity index (χ3n) is 7.90. The fourth-order valence-corrected chi connectivity index (χ4v) is 5.52. The van der Waals surface area contributed by atoms with Crippen molar-refractivity contribution in [2.75, 3.05) is 12.0 Å². The minimum Gasteiger partial charge on any atom is -0.382 e. The Kier molecular flexibility index (Phi) is 15.5. The lowest BCUT2D eigenvalue weighted by Gasteiger charge is -2.28. The van der Waals surface area contributed by atoms with E-state index < -0.39 is 78.8 Å². The van der Waals surface area contributed by atoms with E-state index in [-0.39, 0.29) is 12.8 Å². The van der Waals surface area contributed by atoms with Gasteiger partial charge in [0.15, 0.2) is 6.10 Å². The van der Waals surface area contributed by atoms with Crippen molar-refractivity contribution in [1.82, 2.24) is 21.3 Å². The predicted molar refractivity (Wildman–Crippen MR) is 188 cm³/mol. The van der Waals surface area contributed by atoms with Crippen LogP contribution in [-0.4, -0.2) is 83.1 Å². The van der Waals surface area contributed by atoms with E-state index in [1.807, 2.05) is 41.9 Å². The number of amides is 5. The van der Waals surface area contributed by atoms with Gasteiger partial charge in [-0.3, -0.25) is 24.0 Å². The molecule has 0 saturated carbocycles. The SMILES string of the molecule is CSCC[C@H](NC(=O)c1ccc(-c2ccccc2)cc1)C(=O)NC(Cc1ccccc1)C(=O)N[C@@H](C)C(=O)NC(CCC(N)=O)C(O)C(F)(F)F. The van der Waals surface area contributed by atoms with Gasteiger partial charge in [-0.15, -0.1) is 0 Å². The highest BCUT2D eigenvalue weighted by Crippen LogP contribution is 2.24. The number of nitrogens with one attached hydrogen (secondary N) is 4. The van der Waals surface area contributed by atoms with E-state index in [2.05, 4.69) is 16.0 Å². The third kappa shape index (κ3) is 13.1. The molecule has 0 fully saturated rings. The Labute approximate surface area is 298 Å². The topological polar surface area (TPSA) is 180 Å². The molecule has 0 saturated heterocycles. The van der Waals surface area contributed by atoms with E-state index in [1.165, 1.54) is 18.7 Å². The van der Waals surface area contributed by atoms with Crippen LogP contribution in [0.2, 0.25) is 0 Å². The van der Waals surface area contributed by atoms with Crippen LogP contribution in [0.25, 0.3) is 11.1 Å². The van der Waals surface area contributed by atoms with Gasteiger partial charge in [0.25, 0.3) is 5.91 Å². The summed E-state index contributed by atoms with van der Waals surface area (Å²) >= 11 is 1.45. The molecule has 3 unspecified atom stereocenters. The second kappa shape index (κ2) is 19.5. The Hall–Kier alpha value is -4.89. The summed E-state index contributed by atoms with van der Waals surface area (Å²) in [4.78, 5) is 64.5. The van der Waals surface area contributed by atoms with Crippen LogP contribution in [0.4, 0.5) is 13.2 Å². The maximum Gasteiger partial charge on any atom is 0.416 e. The number of alkyl halides is 3. The van der Waals surface area contributed by atoms with Crippen LogP contribution in [0.3, 0.4) is 0 Å². The fourth-order valence-electron chi connectivity index (χ4n) is 5.04. The van der Waals surface area contributed by atoms with Crippen LogP contribution in [-0.2, 0) is 25.6 Å². The zero-order chi connectivity index (χ0) is 37.6. The molecule has 3 aromatic carbocycles. The number of nitrogens with two attached hydrogens (primary N) is 1. The number of thioether (sulfide) groups is 1. The van der Waals surface area contributed by atoms with Crippen LogP contribution in [0.5, 0.6) is 0 Å². The van der Waals surface area contributed by atoms with Gasteiger partial charge in [-0.05, 0) is 60.6 Å². The van der Waals surface area contributed by atoms with Crippen LogP contribution in [0.1, 0.15) is 42.1 Å². The first-order chi connectivity index (χ1) is 24.2. The first-order valence-electron chi connectivity index (χ1n) is 16.1. The molecule has 0 spiro atoms. The van der Waals surface area contributed by atoms with E-state index in [0.29, 0.717) is 16.9 Å². The Morgan fingerprint density at radius 3 is 1.88 bits per heavy atom. The monoisotopic (exact) mass is 729 g/mol. The smallest absolute Gasteiger partial charge is 0.382 e. The molecule has 11 nitrogen and oxygen atoms in total. The largest absolute Gasteiger partial charge is 0.416 e. The minimum atomic E-state index is -5.11. The Morgan fingerprint density at radius 2 is 1.31 bits per heavy atom. The molecular weight excluding hydrogens is 687 g/mol. The lowest BCUT2D eigenvalue weighted by molar-refractivity contribution is -0.212. The average molecular weight is 730 g/mol. The van der Waals surface area contributed by atoms with Crippen molar-refractivity contribution in [3.8, 4) is 11.1 Å². The molecule has 3 rings (SSSR count). The molecule has 0 radical (unpaired) electrons. The van der Waals surface area contributed by atoms with Gasteiger partial charge in [0, 0.05) is 18.4 Å². The Balaban J connectivity index is 1.75. The van der Waals surface area contributed by atoms with E-state index in [9.17, 15) is 42.3 Å². The highest BCUT2D eigenvalue weighted by molar-refractivity contribution is 7.98. The van der Waals surface area contributed by atoms with Crippen LogP contribution in [0, 0.1) is 0 Å². The number of rotatable bonds is 18.